The zero-order chi connectivity index (χ0) is 13.2. The lowest BCUT2D eigenvalue weighted by Gasteiger charge is -2.27. The van der Waals surface area contributed by atoms with Gasteiger partial charge in [0.25, 0.3) is 0 Å². The molecule has 1 aliphatic rings. The molecule has 2 atom stereocenters. The number of likely N-dealkylation sites (tertiary alicyclic amines) is 1. The molecule has 98 valence electrons. The van der Waals surface area contributed by atoms with Gasteiger partial charge in [-0.1, -0.05) is 6.92 Å². The Hall–Kier alpha value is -1.10. The Bertz CT molecular complexity index is 308. The molecule has 5 nitrogen and oxygen atoms in total. The van der Waals surface area contributed by atoms with Gasteiger partial charge in [0, 0.05) is 19.0 Å². The fourth-order valence-corrected chi connectivity index (χ4v) is 1.75. The second-order valence-electron chi connectivity index (χ2n) is 5.53. The van der Waals surface area contributed by atoms with Gasteiger partial charge in [0.05, 0.1) is 0 Å². The Labute approximate surface area is 102 Å². The summed E-state index contributed by atoms with van der Waals surface area (Å²) in [7, 11) is 0. The van der Waals surface area contributed by atoms with E-state index in [0.717, 1.165) is 0 Å². The fraction of sp³-hybridized carbons (Fsp3) is 0.833. The molecule has 0 aliphatic carbocycles. The first-order valence-electron chi connectivity index (χ1n) is 5.90. The van der Waals surface area contributed by atoms with Gasteiger partial charge in [-0.15, -0.1) is 0 Å². The van der Waals surface area contributed by atoms with E-state index in [1.54, 1.807) is 27.7 Å². The first-order valence-corrected chi connectivity index (χ1v) is 5.90. The van der Waals surface area contributed by atoms with Crippen LogP contribution in [0.5, 0.6) is 0 Å². The second-order valence-corrected chi connectivity index (χ2v) is 5.53. The Balaban J connectivity index is 2.66. The molecule has 0 unspecified atom stereocenters. The van der Waals surface area contributed by atoms with E-state index >= 15 is 0 Å². The number of ketones is 1. The van der Waals surface area contributed by atoms with Crippen molar-refractivity contribution in [2.75, 3.05) is 13.1 Å². The molecule has 0 spiro atoms. The highest BCUT2D eigenvalue weighted by atomic mass is 16.6. The van der Waals surface area contributed by atoms with Gasteiger partial charge in [-0.25, -0.2) is 4.79 Å². The van der Waals surface area contributed by atoms with E-state index in [1.807, 2.05) is 0 Å². The van der Waals surface area contributed by atoms with E-state index in [-0.39, 0.29) is 18.1 Å². The van der Waals surface area contributed by atoms with Crippen LogP contribution in [0, 0.1) is 5.92 Å². The molecule has 1 rings (SSSR count). The molecule has 1 N–H and O–H groups in total. The number of amides is 1. The average Bonchev–Trinajstić information content (AvgIpc) is 2.29. The zero-order valence-electron chi connectivity index (χ0n) is 10.9. The summed E-state index contributed by atoms with van der Waals surface area (Å²) in [6, 6.07) is 0. The highest BCUT2D eigenvalue weighted by Crippen LogP contribution is 2.16. The number of Topliss-reactive ketones (excluding diaryl/α,β-unsaturated/α-hetero) is 1. The number of nitrogens with zero attached hydrogens (tertiary/aromatic N) is 1. The van der Waals surface area contributed by atoms with Gasteiger partial charge >= 0.3 is 6.09 Å². The lowest BCUT2D eigenvalue weighted by Crippen LogP contribution is -2.39. The number of ether oxygens (including phenoxy) is 1. The molecule has 5 heteroatoms. The number of rotatable bonds is 0. The Morgan fingerprint density at radius 2 is 2.06 bits per heavy atom. The normalized spacial score (nSPS) is 26.6. The van der Waals surface area contributed by atoms with Crippen LogP contribution in [0.3, 0.4) is 0 Å². The third-order valence-electron chi connectivity index (χ3n) is 2.63. The Kier molecular flexibility index (Phi) is 4.14. The van der Waals surface area contributed by atoms with Crippen molar-refractivity contribution >= 4 is 11.9 Å². The molecular formula is C12H21NO4. The predicted molar refractivity (Wildman–Crippen MR) is 62.6 cm³/mol. The van der Waals surface area contributed by atoms with Crippen LogP contribution in [0.25, 0.3) is 0 Å². The zero-order valence-corrected chi connectivity index (χ0v) is 10.9. The quantitative estimate of drug-likeness (QED) is 0.694. The molecule has 1 aliphatic heterocycles. The smallest absolute Gasteiger partial charge is 0.410 e. The van der Waals surface area contributed by atoms with Crippen molar-refractivity contribution in [2.24, 2.45) is 5.92 Å². The van der Waals surface area contributed by atoms with Crippen LogP contribution in [0.2, 0.25) is 0 Å². The monoisotopic (exact) mass is 243 g/mol. The minimum atomic E-state index is -0.961. The van der Waals surface area contributed by atoms with Crippen LogP contribution in [0.15, 0.2) is 0 Å². The molecule has 0 saturated carbocycles. The summed E-state index contributed by atoms with van der Waals surface area (Å²) >= 11 is 0. The summed E-state index contributed by atoms with van der Waals surface area (Å²) in [5, 5.41) is 9.53. The number of hydrogen-bond donors (Lipinski definition) is 1. The maximum Gasteiger partial charge on any atom is 0.410 e. The molecule has 0 aromatic rings. The van der Waals surface area contributed by atoms with E-state index < -0.39 is 17.8 Å². The van der Waals surface area contributed by atoms with Gasteiger partial charge in [-0.3, -0.25) is 4.79 Å². The number of carbonyl (C=O) groups is 2. The Morgan fingerprint density at radius 3 is 2.59 bits per heavy atom. The molecule has 1 heterocycles. The standard InChI is InChI=1S/C12H21NO4/c1-8-7-13(6-5-9(14)10(8)15)11(16)17-12(2,3)4/h8-9,14H,5-7H2,1-4H3/t8-,9-/m0/s1. The molecule has 17 heavy (non-hydrogen) atoms. The van der Waals surface area contributed by atoms with Crippen molar-refractivity contribution in [1.29, 1.82) is 0 Å². The molecule has 0 radical (unpaired) electrons. The summed E-state index contributed by atoms with van der Waals surface area (Å²) in [5.74, 6) is -0.545. The summed E-state index contributed by atoms with van der Waals surface area (Å²) in [4.78, 5) is 24.9. The van der Waals surface area contributed by atoms with Crippen molar-refractivity contribution in [3.63, 3.8) is 0 Å². The summed E-state index contributed by atoms with van der Waals surface area (Å²) in [6.45, 7) is 7.77. The molecule has 0 bridgehead atoms. The minimum Gasteiger partial charge on any atom is -0.444 e. The van der Waals surface area contributed by atoms with E-state index in [4.69, 9.17) is 4.74 Å². The molecule has 1 saturated heterocycles. The van der Waals surface area contributed by atoms with Crippen molar-refractivity contribution < 1.29 is 19.4 Å². The van der Waals surface area contributed by atoms with E-state index in [0.29, 0.717) is 13.1 Å². The summed E-state index contributed by atoms with van der Waals surface area (Å²) in [6.07, 6.45) is -1.11. The summed E-state index contributed by atoms with van der Waals surface area (Å²) in [5.41, 5.74) is -0.546. The van der Waals surface area contributed by atoms with Crippen LogP contribution >= 0.6 is 0 Å². The van der Waals surface area contributed by atoms with E-state index in [1.165, 1.54) is 4.90 Å². The molecule has 0 aromatic heterocycles. The number of aliphatic hydroxyl groups is 1. The molecule has 0 aromatic carbocycles. The molecule has 1 amide bonds. The third kappa shape index (κ3) is 4.00. The van der Waals surface area contributed by atoms with Crippen LogP contribution in [0.1, 0.15) is 34.1 Å². The van der Waals surface area contributed by atoms with Crippen LogP contribution in [0.4, 0.5) is 4.79 Å². The Morgan fingerprint density at radius 1 is 1.47 bits per heavy atom. The van der Waals surface area contributed by atoms with Crippen LogP contribution < -0.4 is 0 Å². The largest absolute Gasteiger partial charge is 0.444 e. The maximum absolute atomic E-state index is 11.8. The van der Waals surface area contributed by atoms with Crippen LogP contribution in [-0.2, 0) is 9.53 Å². The molecular weight excluding hydrogens is 222 g/mol. The lowest BCUT2D eigenvalue weighted by molar-refractivity contribution is -0.130. The number of hydrogen-bond acceptors (Lipinski definition) is 4. The number of aliphatic hydroxyl groups excluding tert-OH is 1. The van der Waals surface area contributed by atoms with Gasteiger partial charge in [-0.05, 0) is 27.2 Å². The van der Waals surface area contributed by atoms with Crippen molar-refractivity contribution in [1.82, 2.24) is 4.90 Å². The number of carbonyl (C=O) groups excluding carboxylic acids is 2. The minimum absolute atomic E-state index is 0.198. The summed E-state index contributed by atoms with van der Waals surface area (Å²) < 4.78 is 5.25. The van der Waals surface area contributed by atoms with Crippen molar-refractivity contribution in [2.45, 2.75) is 45.8 Å². The van der Waals surface area contributed by atoms with Gasteiger partial charge in [0.15, 0.2) is 5.78 Å². The van der Waals surface area contributed by atoms with E-state index in [2.05, 4.69) is 0 Å². The third-order valence-corrected chi connectivity index (χ3v) is 2.63. The van der Waals surface area contributed by atoms with Gasteiger partial charge in [-0.2, -0.15) is 0 Å². The maximum atomic E-state index is 11.8. The van der Waals surface area contributed by atoms with Crippen molar-refractivity contribution in [3.05, 3.63) is 0 Å². The van der Waals surface area contributed by atoms with Crippen LogP contribution in [-0.4, -0.2) is 46.7 Å². The first-order chi connectivity index (χ1) is 7.70. The topological polar surface area (TPSA) is 66.8 Å². The molecule has 1 fully saturated rings. The van der Waals surface area contributed by atoms with Crippen molar-refractivity contribution in [3.8, 4) is 0 Å². The SMILES string of the molecule is C[C@H]1CN(C(=O)OC(C)(C)C)CC[C@H](O)C1=O. The highest BCUT2D eigenvalue weighted by molar-refractivity contribution is 5.86. The van der Waals surface area contributed by atoms with Gasteiger partial charge < -0.3 is 14.7 Å². The lowest BCUT2D eigenvalue weighted by atomic mass is 10.0. The second kappa shape index (κ2) is 5.04. The predicted octanol–water partition coefficient (Wildman–Crippen LogP) is 1.19. The van der Waals surface area contributed by atoms with Gasteiger partial charge in [0.1, 0.15) is 11.7 Å². The van der Waals surface area contributed by atoms with E-state index in [9.17, 15) is 14.7 Å². The fourth-order valence-electron chi connectivity index (χ4n) is 1.75. The van der Waals surface area contributed by atoms with Gasteiger partial charge in [0.2, 0.25) is 0 Å². The highest BCUT2D eigenvalue weighted by Gasteiger charge is 2.32. The first kappa shape index (κ1) is 14.0. The average molecular weight is 243 g/mol.